The molecule has 3 aromatic rings. The molecule has 1 amide bonds. The molecule has 4 rings (SSSR count). The molecule has 9 nitrogen and oxygen atoms in total. The number of rotatable bonds is 8. The van der Waals surface area contributed by atoms with Crippen LogP contribution in [0.15, 0.2) is 65.6 Å². The average molecular weight is 565 g/mol. The Hall–Kier alpha value is -3.31. The van der Waals surface area contributed by atoms with Crippen LogP contribution in [0.1, 0.15) is 24.4 Å². The van der Waals surface area contributed by atoms with E-state index in [1.165, 1.54) is 36.4 Å². The molecule has 0 saturated carbocycles. The molecule has 0 aromatic heterocycles. The molecular formula is C25H22Cl2N2O7S. The summed E-state index contributed by atoms with van der Waals surface area (Å²) in [4.78, 5) is 24.4. The van der Waals surface area contributed by atoms with E-state index in [-0.39, 0.29) is 45.0 Å². The number of carbonyl (C=O) groups is 2. The molecule has 1 heterocycles. The van der Waals surface area contributed by atoms with E-state index in [2.05, 4.69) is 5.32 Å². The van der Waals surface area contributed by atoms with Gasteiger partial charge in [0.25, 0.3) is 0 Å². The van der Waals surface area contributed by atoms with Gasteiger partial charge in [0, 0.05) is 16.6 Å². The summed E-state index contributed by atoms with van der Waals surface area (Å²) in [6.07, 6.45) is -0.194. The second-order valence-electron chi connectivity index (χ2n) is 8.48. The van der Waals surface area contributed by atoms with Gasteiger partial charge >= 0.3 is 5.97 Å². The molecule has 0 radical (unpaired) electrons. The summed E-state index contributed by atoms with van der Waals surface area (Å²) in [5, 5.41) is 32.5. The van der Waals surface area contributed by atoms with Crippen LogP contribution in [-0.4, -0.2) is 52.5 Å². The fourth-order valence-corrected chi connectivity index (χ4v) is 6.49. The van der Waals surface area contributed by atoms with E-state index >= 15 is 0 Å². The number of halogens is 2. The maximum absolute atomic E-state index is 13.1. The number of nitrogens with one attached hydrogen (secondary N) is 1. The molecule has 194 valence electrons. The number of hydrogen-bond acceptors (Lipinski definition) is 6. The fourth-order valence-electron chi connectivity index (χ4n) is 4.13. The zero-order valence-corrected chi connectivity index (χ0v) is 21.5. The molecule has 0 spiro atoms. The summed E-state index contributed by atoms with van der Waals surface area (Å²) in [5.74, 6) is -2.07. The Bertz CT molecular complexity index is 1420. The summed E-state index contributed by atoms with van der Waals surface area (Å²) in [5.41, 5.74) is 1.14. The number of hydrogen-bond donors (Lipinski definition) is 4. The van der Waals surface area contributed by atoms with Gasteiger partial charge in [-0.1, -0.05) is 53.5 Å². The lowest BCUT2D eigenvalue weighted by atomic mass is 9.97. The van der Waals surface area contributed by atoms with E-state index in [0.717, 1.165) is 4.31 Å². The van der Waals surface area contributed by atoms with Crippen LogP contribution in [-0.2, 0) is 19.6 Å². The molecule has 0 aliphatic carbocycles. The van der Waals surface area contributed by atoms with Crippen LogP contribution in [0, 0.1) is 0 Å². The first-order chi connectivity index (χ1) is 17.5. The Morgan fingerprint density at radius 3 is 2.11 bits per heavy atom. The van der Waals surface area contributed by atoms with Crippen LogP contribution >= 0.6 is 23.2 Å². The lowest BCUT2D eigenvalue weighted by Crippen LogP contribution is -2.58. The maximum Gasteiger partial charge on any atom is 0.305 e. The predicted octanol–water partition coefficient (Wildman–Crippen LogP) is 4.17. The lowest BCUT2D eigenvalue weighted by Gasteiger charge is -2.39. The van der Waals surface area contributed by atoms with Gasteiger partial charge < -0.3 is 20.6 Å². The molecule has 1 fully saturated rings. The SMILES string of the molecule is O=C(O)C[C@@H](NC(=O)[C@@H]1CCN1S(=O)(=O)c1cc(Cl)cc(Cl)c1)c1ccc(-c2c(O)cccc2O)cc1. The van der Waals surface area contributed by atoms with Crippen LogP contribution < -0.4 is 5.32 Å². The normalized spacial score (nSPS) is 16.5. The van der Waals surface area contributed by atoms with Crippen molar-refractivity contribution in [1.82, 2.24) is 9.62 Å². The highest BCUT2D eigenvalue weighted by molar-refractivity contribution is 7.89. The predicted molar refractivity (Wildman–Crippen MR) is 137 cm³/mol. The summed E-state index contributed by atoms with van der Waals surface area (Å²) < 4.78 is 27.2. The third kappa shape index (κ3) is 5.67. The summed E-state index contributed by atoms with van der Waals surface area (Å²) in [6.45, 7) is 0.104. The van der Waals surface area contributed by atoms with E-state index in [0.29, 0.717) is 11.1 Å². The van der Waals surface area contributed by atoms with Crippen molar-refractivity contribution < 1.29 is 33.3 Å². The molecule has 3 aromatic carbocycles. The Labute approximate surface area is 222 Å². The van der Waals surface area contributed by atoms with Crippen LogP contribution in [0.3, 0.4) is 0 Å². The molecule has 1 aliphatic rings. The van der Waals surface area contributed by atoms with Crippen LogP contribution in [0.5, 0.6) is 11.5 Å². The molecule has 0 bridgehead atoms. The van der Waals surface area contributed by atoms with Gasteiger partial charge in [0.05, 0.1) is 22.9 Å². The number of carboxylic acids is 1. The minimum absolute atomic E-state index is 0.104. The van der Waals surface area contributed by atoms with Crippen LogP contribution in [0.4, 0.5) is 0 Å². The number of aliphatic carboxylic acids is 1. The van der Waals surface area contributed by atoms with Gasteiger partial charge in [0.1, 0.15) is 17.5 Å². The topological polar surface area (TPSA) is 144 Å². The number of aromatic hydroxyl groups is 2. The van der Waals surface area contributed by atoms with E-state index in [1.54, 1.807) is 24.3 Å². The maximum atomic E-state index is 13.1. The number of phenols is 2. The smallest absolute Gasteiger partial charge is 0.305 e. The Morgan fingerprint density at radius 2 is 1.59 bits per heavy atom. The van der Waals surface area contributed by atoms with E-state index in [1.807, 2.05) is 0 Å². The van der Waals surface area contributed by atoms with E-state index in [4.69, 9.17) is 23.2 Å². The summed E-state index contributed by atoms with van der Waals surface area (Å²) in [7, 11) is -4.07. The number of benzene rings is 3. The third-order valence-corrected chi connectivity index (χ3v) is 8.36. The molecule has 1 aliphatic heterocycles. The monoisotopic (exact) mass is 564 g/mol. The number of phenolic OH excluding ortho intramolecular Hbond substituents is 2. The third-order valence-electron chi connectivity index (χ3n) is 6.03. The van der Waals surface area contributed by atoms with Crippen molar-refractivity contribution >= 4 is 45.1 Å². The second-order valence-corrected chi connectivity index (χ2v) is 11.2. The molecule has 37 heavy (non-hydrogen) atoms. The van der Waals surface area contributed by atoms with Crippen molar-refractivity contribution in [2.24, 2.45) is 0 Å². The largest absolute Gasteiger partial charge is 0.507 e. The molecule has 12 heteroatoms. The highest BCUT2D eigenvalue weighted by Crippen LogP contribution is 2.37. The molecular weight excluding hydrogens is 543 g/mol. The van der Waals surface area contributed by atoms with Gasteiger partial charge in [-0.15, -0.1) is 0 Å². The van der Waals surface area contributed by atoms with E-state index in [9.17, 15) is 33.3 Å². The average Bonchev–Trinajstić information content (AvgIpc) is 2.77. The van der Waals surface area contributed by atoms with Crippen molar-refractivity contribution in [2.45, 2.75) is 29.8 Å². The van der Waals surface area contributed by atoms with Gasteiger partial charge in [0.15, 0.2) is 0 Å². The number of nitrogens with zero attached hydrogens (tertiary/aromatic N) is 1. The fraction of sp³-hybridized carbons (Fsp3) is 0.200. The Kier molecular flexibility index (Phi) is 7.65. The molecule has 4 N–H and O–H groups in total. The van der Waals surface area contributed by atoms with Crippen LogP contribution in [0.2, 0.25) is 10.0 Å². The Morgan fingerprint density at radius 1 is 1.00 bits per heavy atom. The van der Waals surface area contributed by atoms with Gasteiger partial charge in [-0.05, 0) is 47.9 Å². The number of amides is 1. The first kappa shape index (κ1) is 26.7. The van der Waals surface area contributed by atoms with Crippen molar-refractivity contribution in [3.8, 4) is 22.6 Å². The number of carbonyl (C=O) groups excluding carboxylic acids is 1. The number of sulfonamides is 1. The highest BCUT2D eigenvalue weighted by atomic mass is 35.5. The zero-order valence-electron chi connectivity index (χ0n) is 19.1. The Balaban J connectivity index is 1.55. The minimum Gasteiger partial charge on any atom is -0.507 e. The molecule has 0 unspecified atom stereocenters. The summed E-state index contributed by atoms with van der Waals surface area (Å²) in [6, 6.07) is 12.5. The highest BCUT2D eigenvalue weighted by Gasteiger charge is 2.43. The van der Waals surface area contributed by atoms with Crippen molar-refractivity contribution in [2.75, 3.05) is 6.54 Å². The van der Waals surface area contributed by atoms with Gasteiger partial charge in [-0.3, -0.25) is 9.59 Å². The quantitative estimate of drug-likeness (QED) is 0.321. The second kappa shape index (κ2) is 10.6. The van der Waals surface area contributed by atoms with Crippen LogP contribution in [0.25, 0.3) is 11.1 Å². The molecule has 1 saturated heterocycles. The first-order valence-corrected chi connectivity index (χ1v) is 13.3. The standard InChI is InChI=1S/C25H22Cl2N2O7S/c26-16-10-17(27)12-18(11-16)37(35,36)29-9-8-20(29)25(34)28-19(13-23(32)33)14-4-6-15(7-5-14)24-21(30)2-1-3-22(24)31/h1-7,10-12,19-20,30-31H,8-9,13H2,(H,28,34)(H,32,33)/t19-,20+/m1/s1. The van der Waals surface area contributed by atoms with E-state index < -0.39 is 40.4 Å². The lowest BCUT2D eigenvalue weighted by molar-refractivity contribution is -0.138. The molecule has 2 atom stereocenters. The first-order valence-electron chi connectivity index (χ1n) is 11.1. The summed E-state index contributed by atoms with van der Waals surface area (Å²) >= 11 is 11.9. The van der Waals surface area contributed by atoms with Gasteiger partial charge in [0.2, 0.25) is 15.9 Å². The number of carboxylic acid groups (broad SMARTS) is 1. The van der Waals surface area contributed by atoms with Crippen molar-refractivity contribution in [3.05, 3.63) is 76.3 Å². The van der Waals surface area contributed by atoms with Gasteiger partial charge in [-0.2, -0.15) is 4.31 Å². The van der Waals surface area contributed by atoms with Crippen molar-refractivity contribution in [1.29, 1.82) is 0 Å². The zero-order chi connectivity index (χ0) is 26.9. The van der Waals surface area contributed by atoms with Gasteiger partial charge in [-0.25, -0.2) is 8.42 Å². The van der Waals surface area contributed by atoms with Crippen molar-refractivity contribution in [3.63, 3.8) is 0 Å². The minimum atomic E-state index is -4.07.